The molecular formula is C23H29N3O3S. The van der Waals surface area contributed by atoms with E-state index in [4.69, 9.17) is 4.74 Å². The number of amides is 2. The van der Waals surface area contributed by atoms with Crippen LogP contribution in [0.15, 0.2) is 35.7 Å². The molecule has 30 heavy (non-hydrogen) atoms. The topological polar surface area (TPSA) is 61.9 Å². The summed E-state index contributed by atoms with van der Waals surface area (Å²) in [7, 11) is 3.99. The van der Waals surface area contributed by atoms with Gasteiger partial charge < -0.3 is 19.9 Å². The highest BCUT2D eigenvalue weighted by molar-refractivity contribution is 7.12. The van der Waals surface area contributed by atoms with E-state index >= 15 is 0 Å². The third-order valence-corrected chi connectivity index (χ3v) is 6.46. The van der Waals surface area contributed by atoms with Crippen molar-refractivity contribution >= 4 is 34.5 Å². The standard InChI is InChI=1S/C23H29N3O3S/c1-25(2)20-10-9-18(24-22(27)16-7-8-16)13-17(20)14-26(15-19-5-3-11-29-19)23(28)21-6-4-12-30-21/h4,6,9-10,12-13,16,19H,3,5,7-8,11,14-15H2,1-2H3,(H,24,27)/t19-/m1/s1. The fraction of sp³-hybridized carbons (Fsp3) is 0.478. The summed E-state index contributed by atoms with van der Waals surface area (Å²) in [4.78, 5) is 30.1. The van der Waals surface area contributed by atoms with Crippen molar-refractivity contribution in [1.82, 2.24) is 4.90 Å². The Morgan fingerprint density at radius 1 is 1.20 bits per heavy atom. The van der Waals surface area contributed by atoms with Crippen LogP contribution in [0, 0.1) is 5.92 Å². The number of ether oxygens (including phenoxy) is 1. The first-order chi connectivity index (χ1) is 14.5. The van der Waals surface area contributed by atoms with E-state index in [1.54, 1.807) is 0 Å². The van der Waals surface area contributed by atoms with Crippen molar-refractivity contribution < 1.29 is 14.3 Å². The molecule has 1 aromatic heterocycles. The van der Waals surface area contributed by atoms with Crippen molar-refractivity contribution in [3.05, 3.63) is 46.2 Å². The lowest BCUT2D eigenvalue weighted by atomic mass is 10.1. The van der Waals surface area contributed by atoms with Crippen LogP contribution in [0.25, 0.3) is 0 Å². The maximum atomic E-state index is 13.2. The van der Waals surface area contributed by atoms with Gasteiger partial charge in [0.2, 0.25) is 5.91 Å². The molecule has 0 radical (unpaired) electrons. The van der Waals surface area contributed by atoms with Crippen LogP contribution in [0.2, 0.25) is 0 Å². The average Bonchev–Trinajstić information content (AvgIpc) is 3.20. The lowest BCUT2D eigenvalue weighted by Gasteiger charge is -2.28. The summed E-state index contributed by atoms with van der Waals surface area (Å²) in [6.07, 6.45) is 4.04. The van der Waals surface area contributed by atoms with Crippen molar-refractivity contribution in [3.63, 3.8) is 0 Å². The van der Waals surface area contributed by atoms with Gasteiger partial charge in [-0.1, -0.05) is 6.07 Å². The SMILES string of the molecule is CN(C)c1ccc(NC(=O)C2CC2)cc1CN(C[C@H]1CCCO1)C(=O)c1cccs1. The summed E-state index contributed by atoms with van der Waals surface area (Å²) < 4.78 is 5.82. The summed E-state index contributed by atoms with van der Waals surface area (Å²) in [5.74, 6) is 0.264. The molecule has 1 aliphatic carbocycles. The van der Waals surface area contributed by atoms with Gasteiger partial charge in [0.25, 0.3) is 5.91 Å². The van der Waals surface area contributed by atoms with E-state index < -0.39 is 0 Å². The van der Waals surface area contributed by atoms with Crippen LogP contribution >= 0.6 is 11.3 Å². The first kappa shape index (κ1) is 20.9. The Morgan fingerprint density at radius 2 is 2.03 bits per heavy atom. The summed E-state index contributed by atoms with van der Waals surface area (Å²) in [5, 5.41) is 4.96. The van der Waals surface area contributed by atoms with E-state index in [9.17, 15) is 9.59 Å². The summed E-state index contributed by atoms with van der Waals surface area (Å²) in [5.41, 5.74) is 2.83. The highest BCUT2D eigenvalue weighted by Gasteiger charge is 2.30. The number of benzene rings is 1. The third-order valence-electron chi connectivity index (χ3n) is 5.61. The number of nitrogens with zero attached hydrogens (tertiary/aromatic N) is 2. The van der Waals surface area contributed by atoms with Gasteiger partial charge in [0.1, 0.15) is 0 Å². The fourth-order valence-electron chi connectivity index (χ4n) is 3.83. The number of carbonyl (C=O) groups is 2. The largest absolute Gasteiger partial charge is 0.377 e. The van der Waals surface area contributed by atoms with Crippen LogP contribution in [0.4, 0.5) is 11.4 Å². The van der Waals surface area contributed by atoms with E-state index in [-0.39, 0.29) is 23.8 Å². The van der Waals surface area contributed by atoms with Crippen LogP contribution in [-0.2, 0) is 16.1 Å². The van der Waals surface area contributed by atoms with Crippen molar-refractivity contribution in [2.75, 3.05) is 37.5 Å². The second-order valence-electron chi connectivity index (χ2n) is 8.30. The number of hydrogen-bond acceptors (Lipinski definition) is 5. The molecule has 2 fully saturated rings. The molecule has 2 amide bonds. The van der Waals surface area contributed by atoms with E-state index in [0.29, 0.717) is 13.1 Å². The van der Waals surface area contributed by atoms with Gasteiger partial charge in [-0.25, -0.2) is 0 Å². The minimum absolute atomic E-state index is 0.0256. The first-order valence-electron chi connectivity index (χ1n) is 10.6. The molecule has 1 aromatic carbocycles. The maximum Gasteiger partial charge on any atom is 0.264 e. The van der Waals surface area contributed by atoms with Crippen molar-refractivity contribution in [2.24, 2.45) is 5.92 Å². The first-order valence-corrected chi connectivity index (χ1v) is 11.4. The summed E-state index contributed by atoms with van der Waals surface area (Å²) in [6.45, 7) is 1.80. The molecule has 0 unspecified atom stereocenters. The zero-order valence-electron chi connectivity index (χ0n) is 17.6. The van der Waals surface area contributed by atoms with E-state index in [2.05, 4.69) is 5.32 Å². The van der Waals surface area contributed by atoms with Crippen LogP contribution in [0.3, 0.4) is 0 Å². The zero-order valence-corrected chi connectivity index (χ0v) is 18.4. The highest BCUT2D eigenvalue weighted by atomic mass is 32.1. The van der Waals surface area contributed by atoms with Gasteiger partial charge in [-0.05, 0) is 60.9 Å². The third kappa shape index (κ3) is 5.02. The van der Waals surface area contributed by atoms with Gasteiger partial charge in [0.15, 0.2) is 0 Å². The molecule has 2 heterocycles. The van der Waals surface area contributed by atoms with E-state index in [1.165, 1.54) is 11.3 Å². The molecule has 160 valence electrons. The molecular weight excluding hydrogens is 398 g/mol. The molecule has 1 saturated heterocycles. The molecule has 1 saturated carbocycles. The maximum absolute atomic E-state index is 13.2. The predicted molar refractivity (Wildman–Crippen MR) is 120 cm³/mol. The van der Waals surface area contributed by atoms with Gasteiger partial charge in [-0.2, -0.15) is 0 Å². The van der Waals surface area contributed by atoms with E-state index in [0.717, 1.165) is 54.1 Å². The van der Waals surface area contributed by atoms with Crippen LogP contribution in [-0.4, -0.2) is 50.1 Å². The van der Waals surface area contributed by atoms with Crippen molar-refractivity contribution in [2.45, 2.75) is 38.3 Å². The van der Waals surface area contributed by atoms with Gasteiger partial charge >= 0.3 is 0 Å². The Bertz CT molecular complexity index is 887. The molecule has 1 N–H and O–H groups in total. The molecule has 2 aromatic rings. The number of rotatable bonds is 8. The molecule has 4 rings (SSSR count). The smallest absolute Gasteiger partial charge is 0.264 e. The Balaban J connectivity index is 1.58. The molecule has 0 bridgehead atoms. The van der Waals surface area contributed by atoms with Crippen LogP contribution < -0.4 is 10.2 Å². The van der Waals surface area contributed by atoms with Gasteiger partial charge in [0, 0.05) is 51.1 Å². The second-order valence-corrected chi connectivity index (χ2v) is 9.25. The van der Waals surface area contributed by atoms with Gasteiger partial charge in [-0.15, -0.1) is 11.3 Å². The Kier molecular flexibility index (Phi) is 6.39. The fourth-order valence-corrected chi connectivity index (χ4v) is 4.52. The van der Waals surface area contributed by atoms with E-state index in [1.807, 2.05) is 59.6 Å². The monoisotopic (exact) mass is 427 g/mol. The lowest BCUT2D eigenvalue weighted by Crippen LogP contribution is -2.37. The Labute approximate surface area is 181 Å². The lowest BCUT2D eigenvalue weighted by molar-refractivity contribution is -0.117. The minimum Gasteiger partial charge on any atom is -0.377 e. The normalized spacial score (nSPS) is 18.3. The second kappa shape index (κ2) is 9.18. The predicted octanol–water partition coefficient (Wildman–Crippen LogP) is 3.98. The number of anilines is 2. The average molecular weight is 428 g/mol. The van der Waals surface area contributed by atoms with Crippen LogP contribution in [0.5, 0.6) is 0 Å². The highest BCUT2D eigenvalue weighted by Crippen LogP contribution is 2.31. The minimum atomic E-state index is 0.0256. The van der Waals surface area contributed by atoms with Crippen molar-refractivity contribution in [3.8, 4) is 0 Å². The summed E-state index contributed by atoms with van der Waals surface area (Å²) >= 11 is 1.46. The number of carbonyl (C=O) groups excluding carboxylic acids is 2. The number of thiophene rings is 1. The molecule has 7 heteroatoms. The van der Waals surface area contributed by atoms with Gasteiger partial charge in [-0.3, -0.25) is 9.59 Å². The molecule has 6 nitrogen and oxygen atoms in total. The quantitative estimate of drug-likeness (QED) is 0.692. The van der Waals surface area contributed by atoms with Crippen LogP contribution in [0.1, 0.15) is 40.9 Å². The Hall–Kier alpha value is -2.38. The van der Waals surface area contributed by atoms with Crippen molar-refractivity contribution in [1.29, 1.82) is 0 Å². The number of nitrogens with one attached hydrogen (secondary N) is 1. The number of hydrogen-bond donors (Lipinski definition) is 1. The summed E-state index contributed by atoms with van der Waals surface area (Å²) in [6, 6.07) is 9.72. The molecule has 0 spiro atoms. The Morgan fingerprint density at radius 3 is 2.67 bits per heavy atom. The molecule has 1 aliphatic heterocycles. The van der Waals surface area contributed by atoms with Gasteiger partial charge in [0.05, 0.1) is 11.0 Å². The molecule has 1 atom stereocenters. The zero-order chi connectivity index (χ0) is 21.1. The molecule has 2 aliphatic rings.